The lowest BCUT2D eigenvalue weighted by atomic mass is 10.1. The first-order valence-electron chi connectivity index (χ1n) is 6.97. The number of benzene rings is 1. The van der Waals surface area contributed by atoms with E-state index < -0.39 is 5.97 Å². The summed E-state index contributed by atoms with van der Waals surface area (Å²) in [6.45, 7) is 0.468. The van der Waals surface area contributed by atoms with Gasteiger partial charge in [-0.05, 0) is 24.3 Å². The first-order chi connectivity index (χ1) is 11.3. The molecule has 0 aliphatic rings. The van der Waals surface area contributed by atoms with E-state index in [0.717, 1.165) is 0 Å². The summed E-state index contributed by atoms with van der Waals surface area (Å²) in [5, 5.41) is 13.1. The van der Waals surface area contributed by atoms with Gasteiger partial charge in [0.05, 0.1) is 18.2 Å². The molecule has 0 spiro atoms. The summed E-state index contributed by atoms with van der Waals surface area (Å²) < 4.78 is 12.4. The van der Waals surface area contributed by atoms with Crippen LogP contribution in [0.4, 0.5) is 0 Å². The lowest BCUT2D eigenvalue weighted by molar-refractivity contribution is 0.0433. The molecule has 0 aliphatic carbocycles. The molecule has 6 nitrogen and oxygen atoms in total. The Bertz CT molecular complexity index is 844. The highest BCUT2D eigenvalue weighted by molar-refractivity contribution is 5.86. The molecule has 0 N–H and O–H groups in total. The van der Waals surface area contributed by atoms with Gasteiger partial charge < -0.3 is 9.15 Å². The van der Waals surface area contributed by atoms with Crippen molar-refractivity contribution in [1.29, 1.82) is 5.26 Å². The fraction of sp³-hybridized carbons (Fsp3) is 0.118. The molecule has 2 aromatic heterocycles. The van der Waals surface area contributed by atoms with Crippen LogP contribution < -0.4 is 0 Å². The van der Waals surface area contributed by atoms with Gasteiger partial charge >= 0.3 is 5.97 Å². The van der Waals surface area contributed by atoms with E-state index in [1.807, 2.05) is 6.07 Å². The Morgan fingerprint density at radius 2 is 2.13 bits per heavy atom. The van der Waals surface area contributed by atoms with Gasteiger partial charge in [0.15, 0.2) is 0 Å². The van der Waals surface area contributed by atoms with Crippen LogP contribution in [0.15, 0.2) is 59.3 Å². The van der Waals surface area contributed by atoms with Crippen LogP contribution in [-0.2, 0) is 17.9 Å². The zero-order valence-electron chi connectivity index (χ0n) is 12.2. The molecule has 0 radical (unpaired) electrons. The van der Waals surface area contributed by atoms with E-state index in [2.05, 4.69) is 11.2 Å². The van der Waals surface area contributed by atoms with Crippen LogP contribution in [-0.4, -0.2) is 15.7 Å². The largest absolute Gasteiger partial charge is 0.455 e. The molecular weight excluding hydrogens is 294 g/mol. The molecule has 0 atom stereocenters. The molecule has 0 aliphatic heterocycles. The Morgan fingerprint density at radius 1 is 1.26 bits per heavy atom. The molecule has 3 aromatic rings. The van der Waals surface area contributed by atoms with Crippen molar-refractivity contribution in [1.82, 2.24) is 9.78 Å². The van der Waals surface area contributed by atoms with Crippen LogP contribution in [0.5, 0.6) is 0 Å². The normalized spacial score (nSPS) is 10.2. The summed E-state index contributed by atoms with van der Waals surface area (Å²) >= 11 is 0. The molecule has 0 saturated carbocycles. The minimum atomic E-state index is -0.565. The standard InChI is InChI=1S/C17H13N3O3/c18-10-13-4-1-2-5-14(13)12-22-17(21)16-7-6-15(23-16)11-20-9-3-8-19-20/h1-9H,11-12H2. The monoisotopic (exact) mass is 307 g/mol. The van der Waals surface area contributed by atoms with E-state index >= 15 is 0 Å². The van der Waals surface area contributed by atoms with Gasteiger partial charge in [-0.15, -0.1) is 0 Å². The molecule has 3 rings (SSSR count). The van der Waals surface area contributed by atoms with Crippen LogP contribution in [0.25, 0.3) is 0 Å². The van der Waals surface area contributed by atoms with Crippen molar-refractivity contribution in [3.8, 4) is 6.07 Å². The number of nitriles is 1. The van der Waals surface area contributed by atoms with Crippen molar-refractivity contribution < 1.29 is 13.9 Å². The molecule has 0 fully saturated rings. The SMILES string of the molecule is N#Cc1ccccc1COC(=O)c1ccc(Cn2cccn2)o1. The maximum absolute atomic E-state index is 12.0. The van der Waals surface area contributed by atoms with Crippen LogP contribution in [0, 0.1) is 11.3 Å². The third-order valence-electron chi connectivity index (χ3n) is 3.24. The highest BCUT2D eigenvalue weighted by Crippen LogP contribution is 2.13. The maximum atomic E-state index is 12.0. The minimum absolute atomic E-state index is 0.0256. The predicted octanol–water partition coefficient (Wildman–Crippen LogP) is 2.75. The van der Waals surface area contributed by atoms with Crippen molar-refractivity contribution in [3.63, 3.8) is 0 Å². The smallest absolute Gasteiger partial charge is 0.374 e. The highest BCUT2D eigenvalue weighted by Gasteiger charge is 2.14. The van der Waals surface area contributed by atoms with Gasteiger partial charge in [0.2, 0.25) is 5.76 Å². The number of ether oxygens (including phenoxy) is 1. The summed E-state index contributed by atoms with van der Waals surface area (Å²) in [4.78, 5) is 12.0. The number of carbonyl (C=O) groups excluding carboxylic acids is 1. The molecule has 1 aromatic carbocycles. The number of furan rings is 1. The summed E-state index contributed by atoms with van der Waals surface area (Å²) in [6.07, 6.45) is 3.48. The molecule has 0 unspecified atom stereocenters. The molecule has 114 valence electrons. The second kappa shape index (κ2) is 6.62. The van der Waals surface area contributed by atoms with Crippen molar-refractivity contribution in [2.24, 2.45) is 0 Å². The van der Waals surface area contributed by atoms with E-state index in [0.29, 0.717) is 23.4 Å². The number of esters is 1. The van der Waals surface area contributed by atoms with Gasteiger partial charge in [-0.25, -0.2) is 4.79 Å². The topological polar surface area (TPSA) is 81.0 Å². The van der Waals surface area contributed by atoms with Gasteiger partial charge in [-0.3, -0.25) is 4.68 Å². The molecule has 23 heavy (non-hydrogen) atoms. The summed E-state index contributed by atoms with van der Waals surface area (Å²) in [5.74, 6) is 0.170. The molecule has 6 heteroatoms. The zero-order chi connectivity index (χ0) is 16.1. The Kier molecular flexibility index (Phi) is 4.20. The number of aromatic nitrogens is 2. The minimum Gasteiger partial charge on any atom is -0.455 e. The van der Waals surface area contributed by atoms with Gasteiger partial charge in [0.25, 0.3) is 0 Å². The Morgan fingerprint density at radius 3 is 2.91 bits per heavy atom. The van der Waals surface area contributed by atoms with Gasteiger partial charge in [0, 0.05) is 18.0 Å². The number of rotatable bonds is 5. The zero-order valence-corrected chi connectivity index (χ0v) is 12.2. The van der Waals surface area contributed by atoms with Gasteiger partial charge in [-0.2, -0.15) is 10.4 Å². The molecule has 2 heterocycles. The average molecular weight is 307 g/mol. The predicted molar refractivity (Wildman–Crippen MR) is 80.3 cm³/mol. The van der Waals surface area contributed by atoms with E-state index in [1.54, 1.807) is 53.5 Å². The number of carbonyl (C=O) groups is 1. The number of hydrogen-bond acceptors (Lipinski definition) is 5. The fourth-order valence-electron chi connectivity index (χ4n) is 2.10. The van der Waals surface area contributed by atoms with E-state index in [9.17, 15) is 4.79 Å². The summed E-state index contributed by atoms with van der Waals surface area (Å²) in [5.41, 5.74) is 1.14. The summed E-state index contributed by atoms with van der Waals surface area (Å²) in [6, 6.07) is 14.1. The third kappa shape index (κ3) is 3.47. The van der Waals surface area contributed by atoms with Crippen LogP contribution in [0.1, 0.15) is 27.4 Å². The maximum Gasteiger partial charge on any atom is 0.374 e. The summed E-state index contributed by atoms with van der Waals surface area (Å²) in [7, 11) is 0. The van der Waals surface area contributed by atoms with Crippen molar-refractivity contribution in [3.05, 3.63) is 77.5 Å². The second-order valence-corrected chi connectivity index (χ2v) is 4.81. The molecule has 0 bridgehead atoms. The Labute approximate surface area is 132 Å². The van der Waals surface area contributed by atoms with Crippen LogP contribution >= 0.6 is 0 Å². The van der Waals surface area contributed by atoms with E-state index in [-0.39, 0.29) is 12.4 Å². The van der Waals surface area contributed by atoms with Gasteiger partial charge in [-0.1, -0.05) is 18.2 Å². The van der Waals surface area contributed by atoms with Crippen molar-refractivity contribution in [2.75, 3.05) is 0 Å². The van der Waals surface area contributed by atoms with E-state index in [4.69, 9.17) is 14.4 Å². The van der Waals surface area contributed by atoms with Crippen molar-refractivity contribution in [2.45, 2.75) is 13.2 Å². The van der Waals surface area contributed by atoms with Crippen LogP contribution in [0.2, 0.25) is 0 Å². The number of hydrogen-bond donors (Lipinski definition) is 0. The Balaban J connectivity index is 1.63. The molecule has 0 saturated heterocycles. The lowest BCUT2D eigenvalue weighted by Gasteiger charge is -2.04. The first-order valence-corrected chi connectivity index (χ1v) is 6.97. The average Bonchev–Trinajstić information content (AvgIpc) is 3.25. The molecular formula is C17H13N3O3. The molecule has 0 amide bonds. The lowest BCUT2D eigenvalue weighted by Crippen LogP contribution is -2.05. The van der Waals surface area contributed by atoms with E-state index in [1.165, 1.54) is 0 Å². The Hall–Kier alpha value is -3.33. The van der Waals surface area contributed by atoms with Crippen LogP contribution in [0.3, 0.4) is 0 Å². The third-order valence-corrected chi connectivity index (χ3v) is 3.24. The first kappa shape index (κ1) is 14.6. The fourth-order valence-corrected chi connectivity index (χ4v) is 2.10. The van der Waals surface area contributed by atoms with Gasteiger partial charge in [0.1, 0.15) is 12.4 Å². The number of nitrogens with zero attached hydrogens (tertiary/aromatic N) is 3. The second-order valence-electron chi connectivity index (χ2n) is 4.81. The van der Waals surface area contributed by atoms with Crippen molar-refractivity contribution >= 4 is 5.97 Å². The quantitative estimate of drug-likeness (QED) is 0.677. The highest BCUT2D eigenvalue weighted by atomic mass is 16.5.